The second-order valence-corrected chi connectivity index (χ2v) is 6.34. The summed E-state index contributed by atoms with van der Waals surface area (Å²) < 4.78 is 5.92. The highest BCUT2D eigenvalue weighted by atomic mass is 32.1. The summed E-state index contributed by atoms with van der Waals surface area (Å²) >= 11 is 1.59. The highest BCUT2D eigenvalue weighted by Crippen LogP contribution is 2.31. The molecule has 0 radical (unpaired) electrons. The van der Waals surface area contributed by atoms with Crippen molar-refractivity contribution in [3.63, 3.8) is 0 Å². The van der Waals surface area contributed by atoms with Crippen molar-refractivity contribution in [2.24, 2.45) is 0 Å². The maximum Gasteiger partial charge on any atom is 0.0919 e. The van der Waals surface area contributed by atoms with E-state index in [1.54, 1.807) is 11.5 Å². The van der Waals surface area contributed by atoms with Crippen LogP contribution in [0.4, 0.5) is 0 Å². The minimum Gasteiger partial charge on any atom is -0.191 e. The first kappa shape index (κ1) is 14.3. The Morgan fingerprint density at radius 3 is 2.76 bits per heavy atom. The summed E-state index contributed by atoms with van der Waals surface area (Å²) in [6.45, 7) is 2.26. The van der Waals surface area contributed by atoms with Crippen molar-refractivity contribution < 1.29 is 0 Å². The molecular weight excluding hydrogens is 274 g/mol. The molecule has 0 aliphatic heterocycles. The normalized spacial score (nSPS) is 11.1. The topological polar surface area (TPSA) is 12.9 Å². The van der Waals surface area contributed by atoms with Crippen LogP contribution in [0.5, 0.6) is 0 Å². The van der Waals surface area contributed by atoms with Crippen LogP contribution in [0.3, 0.4) is 0 Å². The van der Waals surface area contributed by atoms with Crippen molar-refractivity contribution in [1.82, 2.24) is 4.37 Å². The Bertz CT molecular complexity index is 714. The van der Waals surface area contributed by atoms with Gasteiger partial charge in [0.1, 0.15) is 0 Å². The zero-order valence-electron chi connectivity index (χ0n) is 12.5. The molecule has 0 atom stereocenters. The fourth-order valence-corrected chi connectivity index (χ4v) is 3.52. The molecule has 3 aromatic rings. The second-order valence-electron chi connectivity index (χ2n) is 5.54. The van der Waals surface area contributed by atoms with Crippen LogP contribution in [0.15, 0.2) is 48.5 Å². The van der Waals surface area contributed by atoms with Crippen molar-refractivity contribution >= 4 is 21.6 Å². The molecule has 0 amide bonds. The van der Waals surface area contributed by atoms with Gasteiger partial charge < -0.3 is 0 Å². The number of aryl methyl sites for hydroxylation is 1. The first-order chi connectivity index (χ1) is 10.4. The van der Waals surface area contributed by atoms with Gasteiger partial charge in [-0.2, -0.15) is 4.37 Å². The molecule has 0 unspecified atom stereocenters. The minimum absolute atomic E-state index is 1.13. The number of fused-ring (bicyclic) bond motifs is 1. The van der Waals surface area contributed by atoms with Crippen LogP contribution in [-0.2, 0) is 6.42 Å². The third-order valence-corrected chi connectivity index (χ3v) is 4.72. The smallest absolute Gasteiger partial charge is 0.0919 e. The SMILES string of the molecule is CCCCCCc1cccc(-c2nsc3ccccc23)c1. The standard InChI is InChI=1S/C19H21NS/c1-2-3-4-5-9-15-10-8-11-16(14-15)19-17-12-6-7-13-18(17)21-20-19/h6-8,10-14H,2-5,9H2,1H3. The molecule has 0 spiro atoms. The second kappa shape index (κ2) is 6.86. The van der Waals surface area contributed by atoms with Gasteiger partial charge in [0.05, 0.1) is 10.4 Å². The van der Waals surface area contributed by atoms with Gasteiger partial charge in [0.2, 0.25) is 0 Å². The van der Waals surface area contributed by atoms with E-state index in [1.807, 2.05) is 0 Å². The van der Waals surface area contributed by atoms with Crippen molar-refractivity contribution in [1.29, 1.82) is 0 Å². The van der Waals surface area contributed by atoms with E-state index in [9.17, 15) is 0 Å². The number of nitrogens with zero attached hydrogens (tertiary/aromatic N) is 1. The number of aromatic nitrogens is 1. The maximum atomic E-state index is 4.66. The molecule has 0 bridgehead atoms. The van der Waals surface area contributed by atoms with Crippen LogP contribution in [0, 0.1) is 0 Å². The number of rotatable bonds is 6. The highest BCUT2D eigenvalue weighted by molar-refractivity contribution is 7.13. The van der Waals surface area contributed by atoms with Crippen molar-refractivity contribution in [3.05, 3.63) is 54.1 Å². The lowest BCUT2D eigenvalue weighted by molar-refractivity contribution is 0.667. The molecule has 0 saturated carbocycles. The lowest BCUT2D eigenvalue weighted by atomic mass is 10.0. The molecule has 2 aromatic carbocycles. The minimum atomic E-state index is 1.13. The quantitative estimate of drug-likeness (QED) is 0.502. The maximum absolute atomic E-state index is 4.66. The lowest BCUT2D eigenvalue weighted by Crippen LogP contribution is -1.87. The first-order valence-corrected chi connectivity index (χ1v) is 8.59. The molecule has 1 heterocycles. The predicted molar refractivity (Wildman–Crippen MR) is 92.9 cm³/mol. The molecular formula is C19H21NS. The molecule has 3 rings (SSSR count). The molecule has 2 heteroatoms. The summed E-state index contributed by atoms with van der Waals surface area (Å²) in [5.41, 5.74) is 3.81. The Hall–Kier alpha value is -1.67. The molecule has 1 nitrogen and oxygen atoms in total. The lowest BCUT2D eigenvalue weighted by Gasteiger charge is -2.04. The van der Waals surface area contributed by atoms with Crippen molar-refractivity contribution in [3.8, 4) is 11.3 Å². The van der Waals surface area contributed by atoms with Gasteiger partial charge in [-0.25, -0.2) is 0 Å². The van der Waals surface area contributed by atoms with Crippen molar-refractivity contribution in [2.75, 3.05) is 0 Å². The van der Waals surface area contributed by atoms with Crippen LogP contribution >= 0.6 is 11.5 Å². The van der Waals surface area contributed by atoms with E-state index in [0.717, 1.165) is 5.69 Å². The molecule has 0 aliphatic rings. The molecule has 1 aromatic heterocycles. The Morgan fingerprint density at radius 1 is 0.952 bits per heavy atom. The average molecular weight is 295 g/mol. The third kappa shape index (κ3) is 3.33. The third-order valence-electron chi connectivity index (χ3n) is 3.90. The van der Waals surface area contributed by atoms with Crippen molar-refractivity contribution in [2.45, 2.75) is 39.0 Å². The van der Waals surface area contributed by atoms with Crippen LogP contribution < -0.4 is 0 Å². The summed E-state index contributed by atoms with van der Waals surface area (Å²) in [5, 5.41) is 1.27. The van der Waals surface area contributed by atoms with Gasteiger partial charge in [0.15, 0.2) is 0 Å². The summed E-state index contributed by atoms with van der Waals surface area (Å²) in [4.78, 5) is 0. The zero-order chi connectivity index (χ0) is 14.5. The fraction of sp³-hybridized carbons (Fsp3) is 0.316. The van der Waals surface area contributed by atoms with Gasteiger partial charge >= 0.3 is 0 Å². The molecule has 21 heavy (non-hydrogen) atoms. The Balaban J connectivity index is 1.82. The molecule has 0 aliphatic carbocycles. The van der Waals surface area contributed by atoms with Gasteiger partial charge in [-0.1, -0.05) is 62.6 Å². The summed E-state index contributed by atoms with van der Waals surface area (Å²) in [6.07, 6.45) is 6.44. The van der Waals surface area contributed by atoms with Crippen LogP contribution in [0.25, 0.3) is 21.3 Å². The van der Waals surface area contributed by atoms with E-state index < -0.39 is 0 Å². The molecule has 108 valence electrons. The Kier molecular flexibility index (Phi) is 4.66. The van der Waals surface area contributed by atoms with E-state index in [1.165, 1.54) is 53.3 Å². The van der Waals surface area contributed by atoms with Gasteiger partial charge in [-0.15, -0.1) is 0 Å². The summed E-state index contributed by atoms with van der Waals surface area (Å²) in [5.74, 6) is 0. The van der Waals surface area contributed by atoms with Gasteiger partial charge in [-0.3, -0.25) is 0 Å². The summed E-state index contributed by atoms with van der Waals surface area (Å²) in [6, 6.07) is 17.4. The predicted octanol–water partition coefficient (Wildman–Crippen LogP) is 6.09. The number of unbranched alkanes of at least 4 members (excludes halogenated alkanes) is 3. The van der Waals surface area contributed by atoms with E-state index in [4.69, 9.17) is 0 Å². The largest absolute Gasteiger partial charge is 0.191 e. The fourth-order valence-electron chi connectivity index (χ4n) is 2.72. The summed E-state index contributed by atoms with van der Waals surface area (Å²) in [7, 11) is 0. The average Bonchev–Trinajstić information content (AvgIpc) is 2.96. The number of hydrogen-bond donors (Lipinski definition) is 0. The van der Waals surface area contributed by atoms with Crippen LogP contribution in [0.2, 0.25) is 0 Å². The zero-order valence-corrected chi connectivity index (χ0v) is 13.3. The van der Waals surface area contributed by atoms with E-state index in [-0.39, 0.29) is 0 Å². The van der Waals surface area contributed by atoms with Crippen LogP contribution in [0.1, 0.15) is 38.2 Å². The van der Waals surface area contributed by atoms with Crippen LogP contribution in [-0.4, -0.2) is 4.37 Å². The first-order valence-electron chi connectivity index (χ1n) is 7.82. The monoisotopic (exact) mass is 295 g/mol. The highest BCUT2D eigenvalue weighted by Gasteiger charge is 2.08. The van der Waals surface area contributed by atoms with E-state index in [2.05, 4.69) is 59.8 Å². The Labute approximate surface area is 130 Å². The number of benzene rings is 2. The van der Waals surface area contributed by atoms with Gasteiger partial charge in [-0.05, 0) is 42.1 Å². The number of hydrogen-bond acceptors (Lipinski definition) is 2. The molecule has 0 fully saturated rings. The van der Waals surface area contributed by atoms with E-state index in [0.29, 0.717) is 0 Å². The Morgan fingerprint density at radius 2 is 1.86 bits per heavy atom. The van der Waals surface area contributed by atoms with E-state index >= 15 is 0 Å². The molecule has 0 saturated heterocycles. The van der Waals surface area contributed by atoms with Gasteiger partial charge in [0.25, 0.3) is 0 Å². The molecule has 0 N–H and O–H groups in total. The van der Waals surface area contributed by atoms with Gasteiger partial charge in [0, 0.05) is 10.9 Å².